The van der Waals surface area contributed by atoms with Crippen LogP contribution in [-0.2, 0) is 12.7 Å². The molecule has 0 aliphatic rings. The number of rotatable bonds is 8. The fraction of sp³-hybridized carbons (Fsp3) is 0.538. The summed E-state index contributed by atoms with van der Waals surface area (Å²) in [6.45, 7) is 1.59. The van der Waals surface area contributed by atoms with Gasteiger partial charge in [-0.25, -0.2) is 0 Å². The molecule has 0 saturated carbocycles. The zero-order chi connectivity index (χ0) is 14.1. The summed E-state index contributed by atoms with van der Waals surface area (Å²) in [6, 6.07) is 5.20. The zero-order valence-electron chi connectivity index (χ0n) is 10.5. The Morgan fingerprint density at radius 1 is 1.11 bits per heavy atom. The monoisotopic (exact) mass is 293 g/mol. The number of halogens is 3. The van der Waals surface area contributed by atoms with Crippen molar-refractivity contribution in [2.24, 2.45) is 0 Å². The van der Waals surface area contributed by atoms with E-state index in [9.17, 15) is 13.2 Å². The molecule has 0 saturated heterocycles. The second kappa shape index (κ2) is 8.45. The van der Waals surface area contributed by atoms with Crippen molar-refractivity contribution in [1.82, 2.24) is 5.32 Å². The second-order valence-corrected chi connectivity index (χ2v) is 5.29. The average Bonchev–Trinajstić information content (AvgIpc) is 2.37. The molecule has 1 aromatic rings. The maximum atomic E-state index is 12.3. The highest BCUT2D eigenvalue weighted by atomic mass is 32.2. The van der Waals surface area contributed by atoms with Crippen LogP contribution in [0.3, 0.4) is 0 Å². The summed E-state index contributed by atoms with van der Waals surface area (Å²) in [7, 11) is 0. The van der Waals surface area contributed by atoms with Crippen LogP contribution in [0.15, 0.2) is 24.3 Å². The fourth-order valence-corrected chi connectivity index (χ4v) is 2.28. The standard InChI is InChI=1S/C13H18F3NOS/c14-13(15,16)12-4-2-11(3-5-12)10-17-6-9-19-8-1-7-18/h2-5,17-18H,1,6-10H2. The molecule has 0 aliphatic carbocycles. The SMILES string of the molecule is OCCCSCCNCc1ccc(C(F)(F)F)cc1. The third kappa shape index (κ3) is 6.84. The van der Waals surface area contributed by atoms with Crippen LogP contribution in [0, 0.1) is 0 Å². The van der Waals surface area contributed by atoms with Crippen molar-refractivity contribution < 1.29 is 18.3 Å². The number of nitrogens with one attached hydrogen (secondary N) is 1. The molecule has 0 atom stereocenters. The molecule has 0 radical (unpaired) electrons. The molecule has 2 nitrogen and oxygen atoms in total. The average molecular weight is 293 g/mol. The molecule has 0 amide bonds. The van der Waals surface area contributed by atoms with Gasteiger partial charge in [-0.05, 0) is 29.9 Å². The molecule has 0 aromatic heterocycles. The minimum absolute atomic E-state index is 0.214. The van der Waals surface area contributed by atoms with Crippen LogP contribution in [0.4, 0.5) is 13.2 Å². The third-order valence-corrected chi connectivity index (χ3v) is 3.55. The maximum absolute atomic E-state index is 12.3. The molecule has 0 spiro atoms. The Balaban J connectivity index is 2.20. The molecule has 0 aliphatic heterocycles. The summed E-state index contributed by atoms with van der Waals surface area (Å²) in [5, 5.41) is 11.8. The Hall–Kier alpha value is -0.720. The van der Waals surface area contributed by atoms with Crippen LogP contribution in [0.25, 0.3) is 0 Å². The first-order valence-electron chi connectivity index (χ1n) is 6.09. The minimum Gasteiger partial charge on any atom is -0.396 e. The Morgan fingerprint density at radius 3 is 2.37 bits per heavy atom. The van der Waals surface area contributed by atoms with Crippen LogP contribution in [0.1, 0.15) is 17.5 Å². The van der Waals surface area contributed by atoms with E-state index < -0.39 is 11.7 Å². The highest BCUT2D eigenvalue weighted by Crippen LogP contribution is 2.28. The Morgan fingerprint density at radius 2 is 1.79 bits per heavy atom. The van der Waals surface area contributed by atoms with E-state index >= 15 is 0 Å². The van der Waals surface area contributed by atoms with Crippen LogP contribution in [0.5, 0.6) is 0 Å². The van der Waals surface area contributed by atoms with Crippen molar-refractivity contribution in [3.8, 4) is 0 Å². The summed E-state index contributed by atoms with van der Waals surface area (Å²) in [5.41, 5.74) is 0.226. The number of benzene rings is 1. The van der Waals surface area contributed by atoms with E-state index in [1.54, 1.807) is 11.8 Å². The van der Waals surface area contributed by atoms with E-state index in [4.69, 9.17) is 5.11 Å². The molecule has 0 unspecified atom stereocenters. The molecular formula is C13H18F3NOS. The van der Waals surface area contributed by atoms with Crippen LogP contribution in [-0.4, -0.2) is 29.8 Å². The summed E-state index contributed by atoms with van der Waals surface area (Å²) in [4.78, 5) is 0. The molecule has 0 fully saturated rings. The van der Waals surface area contributed by atoms with Crippen molar-refractivity contribution in [2.75, 3.05) is 24.7 Å². The topological polar surface area (TPSA) is 32.3 Å². The van der Waals surface area contributed by atoms with Gasteiger partial charge < -0.3 is 10.4 Å². The number of thioether (sulfide) groups is 1. The van der Waals surface area contributed by atoms with Gasteiger partial charge in [-0.3, -0.25) is 0 Å². The molecule has 0 bridgehead atoms. The van der Waals surface area contributed by atoms with Gasteiger partial charge in [0.25, 0.3) is 0 Å². The second-order valence-electron chi connectivity index (χ2n) is 4.06. The van der Waals surface area contributed by atoms with Crippen molar-refractivity contribution in [3.63, 3.8) is 0 Å². The number of hydrogen-bond acceptors (Lipinski definition) is 3. The summed E-state index contributed by atoms with van der Waals surface area (Å²) in [5.74, 6) is 1.86. The molecular weight excluding hydrogens is 275 g/mol. The first-order valence-corrected chi connectivity index (χ1v) is 7.25. The smallest absolute Gasteiger partial charge is 0.396 e. The van der Waals surface area contributed by atoms with Crippen LogP contribution in [0.2, 0.25) is 0 Å². The summed E-state index contributed by atoms with van der Waals surface area (Å²) in [6.07, 6.45) is -3.47. The van der Waals surface area contributed by atoms with Gasteiger partial charge in [-0.1, -0.05) is 12.1 Å². The van der Waals surface area contributed by atoms with Crippen molar-refractivity contribution in [2.45, 2.75) is 19.1 Å². The Labute approximate surface area is 115 Å². The van der Waals surface area contributed by atoms with E-state index in [0.29, 0.717) is 6.54 Å². The van der Waals surface area contributed by atoms with E-state index in [2.05, 4.69) is 5.32 Å². The van der Waals surface area contributed by atoms with E-state index in [1.807, 2.05) is 0 Å². The van der Waals surface area contributed by atoms with Gasteiger partial charge in [-0.2, -0.15) is 24.9 Å². The fourth-order valence-electron chi connectivity index (χ4n) is 1.46. The van der Waals surface area contributed by atoms with E-state index in [0.717, 1.165) is 42.2 Å². The maximum Gasteiger partial charge on any atom is 0.416 e. The van der Waals surface area contributed by atoms with E-state index in [-0.39, 0.29) is 6.61 Å². The van der Waals surface area contributed by atoms with Gasteiger partial charge in [0.1, 0.15) is 0 Å². The predicted molar refractivity (Wildman–Crippen MR) is 72.2 cm³/mol. The first-order chi connectivity index (χ1) is 9.04. The molecule has 6 heteroatoms. The van der Waals surface area contributed by atoms with Crippen molar-refractivity contribution in [1.29, 1.82) is 0 Å². The largest absolute Gasteiger partial charge is 0.416 e. The number of aliphatic hydroxyl groups is 1. The predicted octanol–water partition coefficient (Wildman–Crippen LogP) is 2.91. The molecule has 108 valence electrons. The minimum atomic E-state index is -4.27. The van der Waals surface area contributed by atoms with Gasteiger partial charge >= 0.3 is 6.18 Å². The van der Waals surface area contributed by atoms with Crippen LogP contribution >= 0.6 is 11.8 Å². The lowest BCUT2D eigenvalue weighted by atomic mass is 10.1. The lowest BCUT2D eigenvalue weighted by Crippen LogP contribution is -2.17. The van der Waals surface area contributed by atoms with Gasteiger partial charge in [0.05, 0.1) is 5.56 Å². The number of aliphatic hydroxyl groups excluding tert-OH is 1. The van der Waals surface area contributed by atoms with Crippen molar-refractivity contribution >= 4 is 11.8 Å². The third-order valence-electron chi connectivity index (χ3n) is 2.48. The molecule has 1 rings (SSSR count). The molecule has 0 heterocycles. The van der Waals surface area contributed by atoms with Gasteiger partial charge in [0, 0.05) is 25.4 Å². The highest BCUT2D eigenvalue weighted by molar-refractivity contribution is 7.99. The molecule has 19 heavy (non-hydrogen) atoms. The normalized spacial score (nSPS) is 11.8. The van der Waals surface area contributed by atoms with Gasteiger partial charge in [0.15, 0.2) is 0 Å². The van der Waals surface area contributed by atoms with Gasteiger partial charge in [-0.15, -0.1) is 0 Å². The van der Waals surface area contributed by atoms with Gasteiger partial charge in [0.2, 0.25) is 0 Å². The first kappa shape index (κ1) is 16.3. The highest BCUT2D eigenvalue weighted by Gasteiger charge is 2.29. The van der Waals surface area contributed by atoms with Crippen molar-refractivity contribution in [3.05, 3.63) is 35.4 Å². The lowest BCUT2D eigenvalue weighted by molar-refractivity contribution is -0.137. The number of alkyl halides is 3. The Bertz CT molecular complexity index is 354. The van der Waals surface area contributed by atoms with Crippen LogP contribution < -0.4 is 5.32 Å². The molecule has 2 N–H and O–H groups in total. The zero-order valence-corrected chi connectivity index (χ0v) is 11.4. The Kier molecular flexibility index (Phi) is 7.27. The molecule has 1 aromatic carbocycles. The quantitative estimate of drug-likeness (QED) is 0.723. The van der Waals surface area contributed by atoms with E-state index in [1.165, 1.54) is 12.1 Å². The summed E-state index contributed by atoms with van der Waals surface area (Å²) >= 11 is 1.75. The summed E-state index contributed by atoms with van der Waals surface area (Å²) < 4.78 is 37.0. The lowest BCUT2D eigenvalue weighted by Gasteiger charge is -2.08. The number of hydrogen-bond donors (Lipinski definition) is 2.